The largest absolute Gasteiger partial charge is 0.395 e. The summed E-state index contributed by atoms with van der Waals surface area (Å²) < 4.78 is 0. The van der Waals surface area contributed by atoms with E-state index in [1.807, 2.05) is 32.9 Å². The quantitative estimate of drug-likeness (QED) is 0.787. The fraction of sp³-hybridized carbons (Fsp3) is 0.417. The van der Waals surface area contributed by atoms with Crippen LogP contribution in [0.1, 0.15) is 25.2 Å². The van der Waals surface area contributed by atoms with Crippen molar-refractivity contribution in [2.45, 2.75) is 26.2 Å². The predicted molar refractivity (Wildman–Crippen MR) is 60.9 cm³/mol. The predicted octanol–water partition coefficient (Wildman–Crippen LogP) is 2.14. The average molecular weight is 204 g/mol. The Labute approximate surface area is 89.2 Å². The minimum atomic E-state index is -0.201. The molecule has 1 heterocycles. The summed E-state index contributed by atoms with van der Waals surface area (Å²) in [5.74, 6) is 0.920. The van der Waals surface area contributed by atoms with E-state index in [0.717, 1.165) is 22.4 Å². The number of imidazole rings is 1. The molecule has 0 atom stereocenters. The van der Waals surface area contributed by atoms with Crippen molar-refractivity contribution in [2.24, 2.45) is 0 Å². The Hall–Kier alpha value is -1.35. The van der Waals surface area contributed by atoms with Crippen molar-refractivity contribution in [2.75, 3.05) is 6.61 Å². The zero-order valence-corrected chi connectivity index (χ0v) is 9.33. The van der Waals surface area contributed by atoms with Crippen molar-refractivity contribution in [3.8, 4) is 0 Å². The normalized spacial score (nSPS) is 12.3. The number of H-pyrrole nitrogens is 1. The second kappa shape index (κ2) is 3.35. The number of hydrogen-bond donors (Lipinski definition) is 2. The van der Waals surface area contributed by atoms with Gasteiger partial charge in [-0.15, -0.1) is 0 Å². The molecule has 2 rings (SSSR count). The highest BCUT2D eigenvalue weighted by Crippen LogP contribution is 2.25. The minimum Gasteiger partial charge on any atom is -0.395 e. The number of nitrogens with zero attached hydrogens (tertiary/aromatic N) is 1. The molecule has 0 saturated carbocycles. The number of aryl methyl sites for hydroxylation is 1. The van der Waals surface area contributed by atoms with Gasteiger partial charge in [-0.3, -0.25) is 0 Å². The molecule has 0 bridgehead atoms. The first-order valence-corrected chi connectivity index (χ1v) is 5.11. The van der Waals surface area contributed by atoms with E-state index in [-0.39, 0.29) is 12.0 Å². The van der Waals surface area contributed by atoms with Gasteiger partial charge < -0.3 is 10.1 Å². The lowest BCUT2D eigenvalue weighted by atomic mass is 9.85. The number of nitrogens with one attached hydrogen (secondary N) is 1. The fourth-order valence-electron chi connectivity index (χ4n) is 1.65. The zero-order chi connectivity index (χ0) is 11.1. The van der Waals surface area contributed by atoms with Gasteiger partial charge in [0.05, 0.1) is 17.6 Å². The van der Waals surface area contributed by atoms with E-state index >= 15 is 0 Å². The first-order chi connectivity index (χ1) is 7.03. The molecule has 2 aromatic rings. The first-order valence-electron chi connectivity index (χ1n) is 5.11. The van der Waals surface area contributed by atoms with E-state index in [1.54, 1.807) is 0 Å². The highest BCUT2D eigenvalue weighted by molar-refractivity contribution is 5.76. The van der Waals surface area contributed by atoms with E-state index < -0.39 is 0 Å². The molecule has 0 saturated heterocycles. The van der Waals surface area contributed by atoms with Crippen molar-refractivity contribution in [1.82, 2.24) is 9.97 Å². The zero-order valence-electron chi connectivity index (χ0n) is 9.33. The maximum Gasteiger partial charge on any atom is 0.104 e. The highest BCUT2D eigenvalue weighted by atomic mass is 16.3. The Bertz CT molecular complexity index is 485. The van der Waals surface area contributed by atoms with Crippen molar-refractivity contribution in [3.05, 3.63) is 29.6 Å². The maximum absolute atomic E-state index is 9.30. The van der Waals surface area contributed by atoms with Crippen molar-refractivity contribution < 1.29 is 5.11 Å². The Morgan fingerprint density at radius 3 is 2.80 bits per heavy atom. The van der Waals surface area contributed by atoms with Crippen LogP contribution < -0.4 is 0 Å². The third kappa shape index (κ3) is 1.75. The molecular formula is C12H16N2O. The second-order valence-corrected chi connectivity index (χ2v) is 4.60. The monoisotopic (exact) mass is 204 g/mol. The molecule has 2 N–H and O–H groups in total. The van der Waals surface area contributed by atoms with E-state index in [0.29, 0.717) is 0 Å². The van der Waals surface area contributed by atoms with Gasteiger partial charge in [-0.1, -0.05) is 19.9 Å². The number of aromatic nitrogens is 2. The van der Waals surface area contributed by atoms with Crippen molar-refractivity contribution >= 4 is 11.0 Å². The molecule has 0 radical (unpaired) electrons. The summed E-state index contributed by atoms with van der Waals surface area (Å²) in [6.07, 6.45) is 0. The number of aliphatic hydroxyl groups excluding tert-OH is 1. The lowest BCUT2D eigenvalue weighted by Gasteiger charge is -2.21. The Kier molecular flexibility index (Phi) is 2.27. The fourth-order valence-corrected chi connectivity index (χ4v) is 1.65. The van der Waals surface area contributed by atoms with Gasteiger partial charge in [0, 0.05) is 5.41 Å². The lowest BCUT2D eigenvalue weighted by molar-refractivity contribution is 0.218. The second-order valence-electron chi connectivity index (χ2n) is 4.60. The Balaban J connectivity index is 2.55. The van der Waals surface area contributed by atoms with Gasteiger partial charge in [0.15, 0.2) is 0 Å². The van der Waals surface area contributed by atoms with Crippen LogP contribution in [0, 0.1) is 6.92 Å². The molecule has 3 heteroatoms. The summed E-state index contributed by atoms with van der Waals surface area (Å²) in [4.78, 5) is 7.55. The van der Waals surface area contributed by atoms with Gasteiger partial charge >= 0.3 is 0 Å². The van der Waals surface area contributed by atoms with E-state index in [4.69, 9.17) is 0 Å². The van der Waals surface area contributed by atoms with E-state index in [9.17, 15) is 5.11 Å². The van der Waals surface area contributed by atoms with Crippen molar-refractivity contribution in [3.63, 3.8) is 0 Å². The maximum atomic E-state index is 9.30. The summed E-state index contributed by atoms with van der Waals surface area (Å²) in [6.45, 7) is 6.14. The van der Waals surface area contributed by atoms with Gasteiger partial charge in [-0.05, 0) is 24.6 Å². The molecule has 0 aliphatic heterocycles. The first kappa shape index (κ1) is 10.2. The standard InChI is InChI=1S/C12H16N2O/c1-8-13-10-5-4-9(6-11(10)14-8)12(2,3)7-15/h4-6,15H,7H2,1-3H3,(H,13,14). The molecule has 3 nitrogen and oxygen atoms in total. The molecular weight excluding hydrogens is 188 g/mol. The number of rotatable bonds is 2. The van der Waals surface area contributed by atoms with Crippen LogP contribution in [0.2, 0.25) is 0 Å². The van der Waals surface area contributed by atoms with Gasteiger partial charge in [-0.2, -0.15) is 0 Å². The number of aliphatic hydroxyl groups is 1. The van der Waals surface area contributed by atoms with Gasteiger partial charge in [0.2, 0.25) is 0 Å². The number of hydrogen-bond acceptors (Lipinski definition) is 2. The Morgan fingerprint density at radius 2 is 2.13 bits per heavy atom. The van der Waals surface area contributed by atoms with Crippen LogP contribution >= 0.6 is 0 Å². The third-order valence-corrected chi connectivity index (χ3v) is 2.78. The van der Waals surface area contributed by atoms with Crippen LogP contribution in [0.4, 0.5) is 0 Å². The molecule has 15 heavy (non-hydrogen) atoms. The highest BCUT2D eigenvalue weighted by Gasteiger charge is 2.19. The molecule has 0 unspecified atom stereocenters. The van der Waals surface area contributed by atoms with Crippen molar-refractivity contribution in [1.29, 1.82) is 0 Å². The summed E-state index contributed by atoms with van der Waals surface area (Å²) in [5, 5.41) is 9.30. The summed E-state index contributed by atoms with van der Waals surface area (Å²) in [7, 11) is 0. The van der Waals surface area contributed by atoms with E-state index in [2.05, 4.69) is 16.0 Å². The third-order valence-electron chi connectivity index (χ3n) is 2.78. The average Bonchev–Trinajstić information content (AvgIpc) is 2.56. The molecule has 1 aromatic heterocycles. The number of aromatic amines is 1. The van der Waals surface area contributed by atoms with Crippen LogP contribution in [-0.2, 0) is 5.41 Å². The van der Waals surface area contributed by atoms with Crippen LogP contribution in [0.5, 0.6) is 0 Å². The van der Waals surface area contributed by atoms with Gasteiger partial charge in [-0.25, -0.2) is 4.98 Å². The van der Waals surface area contributed by atoms with Gasteiger partial charge in [0.25, 0.3) is 0 Å². The smallest absolute Gasteiger partial charge is 0.104 e. The van der Waals surface area contributed by atoms with Crippen LogP contribution in [0.3, 0.4) is 0 Å². The lowest BCUT2D eigenvalue weighted by Crippen LogP contribution is -2.21. The summed E-state index contributed by atoms with van der Waals surface area (Å²) in [6, 6.07) is 6.08. The molecule has 0 spiro atoms. The molecule has 0 amide bonds. The van der Waals surface area contributed by atoms with Crippen LogP contribution in [-0.4, -0.2) is 21.7 Å². The Morgan fingerprint density at radius 1 is 1.40 bits per heavy atom. The SMILES string of the molecule is Cc1nc2ccc(C(C)(C)CO)cc2[nH]1. The van der Waals surface area contributed by atoms with Crippen LogP contribution in [0.25, 0.3) is 11.0 Å². The molecule has 1 aromatic carbocycles. The molecule has 0 aliphatic carbocycles. The number of benzene rings is 1. The number of fused-ring (bicyclic) bond motifs is 1. The van der Waals surface area contributed by atoms with Crippen LogP contribution in [0.15, 0.2) is 18.2 Å². The summed E-state index contributed by atoms with van der Waals surface area (Å²) >= 11 is 0. The summed E-state index contributed by atoms with van der Waals surface area (Å²) in [5.41, 5.74) is 2.94. The topological polar surface area (TPSA) is 48.9 Å². The van der Waals surface area contributed by atoms with E-state index in [1.165, 1.54) is 0 Å². The van der Waals surface area contributed by atoms with Gasteiger partial charge in [0.1, 0.15) is 5.82 Å². The molecule has 0 aliphatic rings. The minimum absolute atomic E-state index is 0.144. The molecule has 0 fully saturated rings. The molecule has 80 valence electrons.